The first-order chi connectivity index (χ1) is 16.6. The monoisotopic (exact) mass is 477 g/mol. The summed E-state index contributed by atoms with van der Waals surface area (Å²) in [5, 5.41) is 12.5. The molecule has 2 N–H and O–H groups in total. The van der Waals surface area contributed by atoms with Gasteiger partial charge in [-0.2, -0.15) is 0 Å². The molecule has 1 saturated carbocycles. The minimum Gasteiger partial charge on any atom is -0.494 e. The molecule has 0 unspecified atom stereocenters. The van der Waals surface area contributed by atoms with Crippen molar-refractivity contribution in [2.45, 2.75) is 78.7 Å². The first-order valence-electron chi connectivity index (χ1n) is 12.8. The maximum atomic E-state index is 10.8. The van der Waals surface area contributed by atoms with Gasteiger partial charge in [0.05, 0.1) is 17.6 Å². The molecule has 1 aliphatic carbocycles. The fourth-order valence-corrected chi connectivity index (χ4v) is 5.61. The number of imidazole rings is 1. The highest BCUT2D eigenvalue weighted by atomic mass is 16.5. The second-order valence-electron chi connectivity index (χ2n) is 11.3. The number of carboxylic acid groups (broad SMARTS) is 1. The Morgan fingerprint density at radius 1 is 1.20 bits per heavy atom. The van der Waals surface area contributed by atoms with Crippen LogP contribution in [0.4, 0.5) is 11.6 Å². The number of ether oxygens (including phenoxy) is 1. The number of aliphatic carboxylic acids is 1. The fourth-order valence-electron chi connectivity index (χ4n) is 5.61. The highest BCUT2D eigenvalue weighted by molar-refractivity contribution is 5.81. The van der Waals surface area contributed by atoms with E-state index in [0.717, 1.165) is 41.3 Å². The van der Waals surface area contributed by atoms with Crippen LogP contribution in [-0.2, 0) is 4.79 Å². The lowest BCUT2D eigenvalue weighted by Gasteiger charge is -2.40. The van der Waals surface area contributed by atoms with Crippen molar-refractivity contribution in [1.82, 2.24) is 9.55 Å². The number of nitrogens with one attached hydrogen (secondary N) is 1. The molecule has 3 aromatic rings. The number of carbonyl (C=O) groups is 1. The Morgan fingerprint density at radius 2 is 1.94 bits per heavy atom. The van der Waals surface area contributed by atoms with E-state index in [0.29, 0.717) is 30.9 Å². The summed E-state index contributed by atoms with van der Waals surface area (Å²) < 4.78 is 8.22. The Balaban J connectivity index is 1.66. The van der Waals surface area contributed by atoms with Crippen molar-refractivity contribution in [3.05, 3.63) is 48.0 Å². The largest absolute Gasteiger partial charge is 0.494 e. The molecule has 6 heteroatoms. The number of hydrogen-bond acceptors (Lipinski definition) is 4. The van der Waals surface area contributed by atoms with Crippen molar-refractivity contribution >= 4 is 28.6 Å². The summed E-state index contributed by atoms with van der Waals surface area (Å²) in [6, 6.07) is 15.0. The van der Waals surface area contributed by atoms with Crippen molar-refractivity contribution in [1.29, 1.82) is 0 Å². The average Bonchev–Trinajstić information content (AvgIpc) is 3.12. The quantitative estimate of drug-likeness (QED) is 0.311. The van der Waals surface area contributed by atoms with Crippen molar-refractivity contribution in [2.24, 2.45) is 11.3 Å². The normalized spacial score (nSPS) is 19.7. The van der Waals surface area contributed by atoms with Gasteiger partial charge in [0.25, 0.3) is 0 Å². The van der Waals surface area contributed by atoms with Gasteiger partial charge in [0.15, 0.2) is 0 Å². The Morgan fingerprint density at radius 3 is 2.60 bits per heavy atom. The van der Waals surface area contributed by atoms with Crippen molar-refractivity contribution in [2.75, 3.05) is 11.9 Å². The first-order valence-corrected chi connectivity index (χ1v) is 12.8. The summed E-state index contributed by atoms with van der Waals surface area (Å²) in [4.78, 5) is 15.8. The van der Waals surface area contributed by atoms with Crippen molar-refractivity contribution < 1.29 is 14.6 Å². The maximum Gasteiger partial charge on any atom is 0.303 e. The number of benzene rings is 2. The third-order valence-electron chi connectivity index (χ3n) is 7.03. The van der Waals surface area contributed by atoms with E-state index in [1.165, 1.54) is 12.0 Å². The van der Waals surface area contributed by atoms with Crippen molar-refractivity contribution in [3.8, 4) is 5.75 Å². The minimum atomic E-state index is -0.801. The summed E-state index contributed by atoms with van der Waals surface area (Å²) in [5.41, 5.74) is 4.61. The Bertz CT molecular complexity index is 1160. The zero-order valence-electron chi connectivity index (χ0n) is 21.7. The van der Waals surface area contributed by atoms with Crippen LogP contribution in [0.15, 0.2) is 42.5 Å². The number of aromatic nitrogens is 2. The van der Waals surface area contributed by atoms with E-state index >= 15 is 0 Å². The molecule has 0 saturated heterocycles. The Hall–Kier alpha value is -3.02. The van der Waals surface area contributed by atoms with Gasteiger partial charge in [-0.05, 0) is 72.8 Å². The highest BCUT2D eigenvalue weighted by Gasteiger charge is 2.34. The van der Waals surface area contributed by atoms with E-state index in [1.807, 2.05) is 12.1 Å². The molecule has 0 radical (unpaired) electrons. The Kier molecular flexibility index (Phi) is 7.39. The SMILES string of the molecule is CC(C)c1ccc(Nc2nc3cc(OCCCC(=O)O)ccc3n2[C@H]2C[C@@H](C)CC(C)(C)C2)cc1. The van der Waals surface area contributed by atoms with E-state index in [-0.39, 0.29) is 11.8 Å². The van der Waals surface area contributed by atoms with Gasteiger partial charge in [-0.1, -0.05) is 46.8 Å². The van der Waals surface area contributed by atoms with E-state index < -0.39 is 5.97 Å². The van der Waals surface area contributed by atoms with E-state index in [2.05, 4.69) is 74.8 Å². The summed E-state index contributed by atoms with van der Waals surface area (Å²) in [6.07, 6.45) is 4.07. The molecule has 188 valence electrons. The number of nitrogens with zero attached hydrogens (tertiary/aromatic N) is 2. The number of fused-ring (bicyclic) bond motifs is 1. The summed E-state index contributed by atoms with van der Waals surface area (Å²) in [6.45, 7) is 11.9. The van der Waals surface area contributed by atoms with Gasteiger partial charge in [0.2, 0.25) is 5.95 Å². The second kappa shape index (κ2) is 10.3. The molecule has 6 nitrogen and oxygen atoms in total. The lowest BCUT2D eigenvalue weighted by Crippen LogP contribution is -2.29. The third-order valence-corrected chi connectivity index (χ3v) is 7.03. The molecule has 1 aromatic heterocycles. The number of carboxylic acids is 1. The predicted octanol–water partition coefficient (Wildman–Crippen LogP) is 7.53. The van der Waals surface area contributed by atoms with Crippen LogP contribution in [0.5, 0.6) is 5.75 Å². The van der Waals surface area contributed by atoms with Crippen LogP contribution in [0, 0.1) is 11.3 Å². The van der Waals surface area contributed by atoms with Gasteiger partial charge in [0, 0.05) is 24.2 Å². The van der Waals surface area contributed by atoms with Crippen LogP contribution >= 0.6 is 0 Å². The van der Waals surface area contributed by atoms with Crippen LogP contribution in [0.25, 0.3) is 11.0 Å². The molecule has 1 fully saturated rings. The fraction of sp³-hybridized carbons (Fsp3) is 0.517. The lowest BCUT2D eigenvalue weighted by atomic mass is 9.70. The molecular formula is C29H39N3O3. The molecule has 2 aromatic carbocycles. The number of hydrogen-bond donors (Lipinski definition) is 2. The predicted molar refractivity (Wildman–Crippen MR) is 142 cm³/mol. The Labute approximate surface area is 208 Å². The van der Waals surface area contributed by atoms with Crippen molar-refractivity contribution in [3.63, 3.8) is 0 Å². The van der Waals surface area contributed by atoms with Gasteiger partial charge in [0.1, 0.15) is 5.75 Å². The van der Waals surface area contributed by atoms with Gasteiger partial charge in [-0.25, -0.2) is 4.98 Å². The zero-order chi connectivity index (χ0) is 25.2. The number of rotatable bonds is 9. The molecule has 0 aliphatic heterocycles. The zero-order valence-corrected chi connectivity index (χ0v) is 21.7. The smallest absolute Gasteiger partial charge is 0.303 e. The molecular weight excluding hydrogens is 438 g/mol. The molecule has 1 heterocycles. The maximum absolute atomic E-state index is 10.8. The van der Waals surface area contributed by atoms with Crippen LogP contribution < -0.4 is 10.1 Å². The summed E-state index contributed by atoms with van der Waals surface area (Å²) in [5.74, 6) is 1.92. The summed E-state index contributed by atoms with van der Waals surface area (Å²) >= 11 is 0. The molecule has 0 spiro atoms. The molecule has 1 aliphatic rings. The molecule has 35 heavy (non-hydrogen) atoms. The van der Waals surface area contributed by atoms with Crippen LogP contribution in [-0.4, -0.2) is 27.2 Å². The second-order valence-corrected chi connectivity index (χ2v) is 11.3. The van der Waals surface area contributed by atoms with E-state index in [4.69, 9.17) is 14.8 Å². The average molecular weight is 478 g/mol. The molecule has 2 atom stereocenters. The van der Waals surface area contributed by atoms with Gasteiger partial charge in [-0.15, -0.1) is 0 Å². The standard InChI is InChI=1S/C29H39N3O3/c1-19(2)21-8-10-22(11-9-21)30-28-31-25-16-24(35-14-6-7-27(33)34)12-13-26(25)32(28)23-15-20(3)17-29(4,5)18-23/h8-13,16,19-20,23H,6-7,14-15,17-18H2,1-5H3,(H,30,31)(H,33,34)/t20-,23+/m1/s1. The van der Waals surface area contributed by atoms with Crippen LogP contribution in [0.1, 0.15) is 84.2 Å². The topological polar surface area (TPSA) is 76.4 Å². The van der Waals surface area contributed by atoms with Crippen LogP contribution in [0.3, 0.4) is 0 Å². The summed E-state index contributed by atoms with van der Waals surface area (Å²) in [7, 11) is 0. The molecule has 0 amide bonds. The lowest BCUT2D eigenvalue weighted by molar-refractivity contribution is -0.137. The van der Waals surface area contributed by atoms with Gasteiger partial charge in [-0.3, -0.25) is 4.79 Å². The molecule has 0 bridgehead atoms. The van der Waals surface area contributed by atoms with Gasteiger partial charge < -0.3 is 19.7 Å². The van der Waals surface area contributed by atoms with E-state index in [9.17, 15) is 4.79 Å². The van der Waals surface area contributed by atoms with Gasteiger partial charge >= 0.3 is 5.97 Å². The third kappa shape index (κ3) is 6.16. The van der Waals surface area contributed by atoms with E-state index in [1.54, 1.807) is 0 Å². The highest BCUT2D eigenvalue weighted by Crippen LogP contribution is 2.46. The number of anilines is 2. The molecule has 4 rings (SSSR count). The van der Waals surface area contributed by atoms with Crippen LogP contribution in [0.2, 0.25) is 0 Å². The minimum absolute atomic E-state index is 0.107. The first kappa shape index (κ1) is 25.1.